The van der Waals surface area contributed by atoms with Crippen LogP contribution in [-0.4, -0.2) is 36.3 Å². The molecule has 2 aliphatic carbocycles. The van der Waals surface area contributed by atoms with Crippen LogP contribution in [0.25, 0.3) is 16.9 Å². The summed E-state index contributed by atoms with van der Waals surface area (Å²) in [6, 6.07) is 0.891. The molecule has 2 fully saturated rings. The first-order valence-corrected chi connectivity index (χ1v) is 10.9. The maximum Gasteiger partial charge on any atom is 0.433 e. The molecule has 170 valence electrons. The second kappa shape index (κ2) is 7.31. The maximum atomic E-state index is 13.8. The van der Waals surface area contributed by atoms with Crippen molar-refractivity contribution < 1.29 is 18.0 Å². The van der Waals surface area contributed by atoms with Crippen LogP contribution in [0.1, 0.15) is 54.4 Å². The van der Waals surface area contributed by atoms with Gasteiger partial charge in [-0.2, -0.15) is 23.4 Å². The van der Waals surface area contributed by atoms with Crippen molar-refractivity contribution in [2.45, 2.75) is 51.7 Å². The Morgan fingerprint density at radius 2 is 2.06 bits per heavy atom. The number of halogens is 3. The van der Waals surface area contributed by atoms with E-state index in [0.29, 0.717) is 27.6 Å². The molecule has 4 atom stereocenters. The smallest absolute Gasteiger partial charge is 0.349 e. The first-order valence-electron chi connectivity index (χ1n) is 10.9. The number of amides is 1. The quantitative estimate of drug-likeness (QED) is 0.657. The van der Waals surface area contributed by atoms with Gasteiger partial charge in [-0.05, 0) is 56.9 Å². The van der Waals surface area contributed by atoms with E-state index in [1.54, 1.807) is 20.2 Å². The third kappa shape index (κ3) is 3.45. The maximum absolute atomic E-state index is 13.8. The Labute approximate surface area is 183 Å². The van der Waals surface area contributed by atoms with Crippen LogP contribution in [-0.2, 0) is 13.2 Å². The summed E-state index contributed by atoms with van der Waals surface area (Å²) in [7, 11) is 1.69. The minimum absolute atomic E-state index is 0.0360. The Balaban J connectivity index is 1.53. The molecule has 2 aliphatic rings. The van der Waals surface area contributed by atoms with Gasteiger partial charge in [-0.3, -0.25) is 9.48 Å². The fraction of sp³-hybridized carbons (Fsp3) is 0.545. The summed E-state index contributed by atoms with van der Waals surface area (Å²) >= 11 is 0. The summed E-state index contributed by atoms with van der Waals surface area (Å²) < 4.78 is 43.7. The largest absolute Gasteiger partial charge is 0.433 e. The molecule has 0 radical (unpaired) electrons. The van der Waals surface area contributed by atoms with Crippen LogP contribution in [0, 0.1) is 24.7 Å². The molecule has 2 saturated carbocycles. The average molecular weight is 446 g/mol. The molecule has 0 aliphatic heterocycles. The van der Waals surface area contributed by atoms with Gasteiger partial charge >= 0.3 is 6.18 Å². The minimum Gasteiger partial charge on any atom is -0.349 e. The summed E-state index contributed by atoms with van der Waals surface area (Å²) in [5, 5.41) is 11.1. The van der Waals surface area contributed by atoms with Gasteiger partial charge in [0.05, 0.1) is 17.6 Å². The lowest BCUT2D eigenvalue weighted by Crippen LogP contribution is -2.40. The molecule has 7 nitrogen and oxygen atoms in total. The van der Waals surface area contributed by atoms with Gasteiger partial charge in [-0.25, -0.2) is 9.50 Å². The van der Waals surface area contributed by atoms with Crippen LogP contribution in [0.15, 0.2) is 18.5 Å². The van der Waals surface area contributed by atoms with Gasteiger partial charge < -0.3 is 5.32 Å². The second-order valence-electron chi connectivity index (χ2n) is 9.22. The van der Waals surface area contributed by atoms with Crippen LogP contribution >= 0.6 is 0 Å². The SMILES string of the molecule is Cc1nn(C)cc1-c1cc(C(F)(F)F)n2ncc(C(=O)N[C@@H](C)[C@@H]3C[C@@H]4CC[C@@H]3C4)c2n1. The molecule has 10 heteroatoms. The fourth-order valence-corrected chi connectivity index (χ4v) is 5.61. The van der Waals surface area contributed by atoms with Crippen molar-refractivity contribution in [3.63, 3.8) is 0 Å². The number of aromatic nitrogens is 5. The lowest BCUT2D eigenvalue weighted by Gasteiger charge is -2.28. The first-order chi connectivity index (χ1) is 15.1. The highest BCUT2D eigenvalue weighted by Gasteiger charge is 2.42. The number of alkyl halides is 3. The standard InChI is InChI=1S/C22H25F3N6O/c1-11(15-7-13-4-5-14(15)6-13)27-21(32)16-9-26-31-19(22(23,24)25)8-18(28-20(16)31)17-10-30(3)29-12(17)2/h8-11,13-15H,4-7H2,1-3H3,(H,27,32)/t11-,13+,14+,15-/m0/s1. The van der Waals surface area contributed by atoms with Crippen molar-refractivity contribution in [3.8, 4) is 11.3 Å². The Bertz CT molecular complexity index is 1200. The molecule has 0 spiro atoms. The zero-order valence-electron chi connectivity index (χ0n) is 18.1. The van der Waals surface area contributed by atoms with E-state index < -0.39 is 17.8 Å². The van der Waals surface area contributed by atoms with Crippen molar-refractivity contribution in [3.05, 3.63) is 35.4 Å². The van der Waals surface area contributed by atoms with Gasteiger partial charge in [0.2, 0.25) is 0 Å². The van der Waals surface area contributed by atoms with Crippen molar-refractivity contribution in [2.75, 3.05) is 0 Å². The number of carbonyl (C=O) groups is 1. The summed E-state index contributed by atoms with van der Waals surface area (Å²) in [4.78, 5) is 17.5. The van der Waals surface area contributed by atoms with Gasteiger partial charge in [0.15, 0.2) is 11.3 Å². The van der Waals surface area contributed by atoms with E-state index in [1.165, 1.54) is 30.1 Å². The number of nitrogens with one attached hydrogen (secondary N) is 1. The average Bonchev–Trinajstić information content (AvgIpc) is 3.49. The van der Waals surface area contributed by atoms with Gasteiger partial charge in [0, 0.05) is 24.8 Å². The van der Waals surface area contributed by atoms with E-state index in [2.05, 4.69) is 20.5 Å². The van der Waals surface area contributed by atoms with Gasteiger partial charge in [0.25, 0.3) is 5.91 Å². The lowest BCUT2D eigenvalue weighted by molar-refractivity contribution is -0.142. The summed E-state index contributed by atoms with van der Waals surface area (Å²) in [6.45, 7) is 3.68. The van der Waals surface area contributed by atoms with Crippen molar-refractivity contribution in [2.24, 2.45) is 24.8 Å². The topological polar surface area (TPSA) is 77.1 Å². The van der Waals surface area contributed by atoms with Crippen molar-refractivity contribution in [1.82, 2.24) is 29.7 Å². The Morgan fingerprint density at radius 3 is 2.66 bits per heavy atom. The Kier molecular flexibility index (Phi) is 4.79. The molecule has 0 aromatic carbocycles. The first kappa shape index (κ1) is 21.0. The van der Waals surface area contributed by atoms with E-state index in [9.17, 15) is 18.0 Å². The van der Waals surface area contributed by atoms with Crippen LogP contribution in [0.3, 0.4) is 0 Å². The third-order valence-electron chi connectivity index (χ3n) is 7.09. The molecule has 3 aromatic heterocycles. The van der Waals surface area contributed by atoms with Gasteiger partial charge in [0.1, 0.15) is 5.56 Å². The number of carbonyl (C=O) groups excluding carboxylic acids is 1. The summed E-state index contributed by atoms with van der Waals surface area (Å²) in [5.74, 6) is 1.32. The van der Waals surface area contributed by atoms with Crippen molar-refractivity contribution in [1.29, 1.82) is 0 Å². The molecule has 3 aromatic rings. The predicted octanol–water partition coefficient (Wildman–Crippen LogP) is 4.01. The molecule has 1 N–H and O–H groups in total. The Morgan fingerprint density at radius 1 is 1.28 bits per heavy atom. The molecule has 2 bridgehead atoms. The zero-order valence-corrected chi connectivity index (χ0v) is 18.1. The summed E-state index contributed by atoms with van der Waals surface area (Å²) in [6.07, 6.45) is 2.88. The van der Waals surface area contributed by atoms with Gasteiger partial charge in [-0.15, -0.1) is 0 Å². The minimum atomic E-state index is -4.66. The third-order valence-corrected chi connectivity index (χ3v) is 7.09. The highest BCUT2D eigenvalue weighted by molar-refractivity contribution is 6.00. The Hall–Kier alpha value is -2.91. The van der Waals surface area contributed by atoms with E-state index in [0.717, 1.165) is 18.4 Å². The molecule has 32 heavy (non-hydrogen) atoms. The lowest BCUT2D eigenvalue weighted by atomic mass is 9.84. The molecule has 5 rings (SSSR count). The highest BCUT2D eigenvalue weighted by Crippen LogP contribution is 2.49. The zero-order chi connectivity index (χ0) is 22.8. The molecule has 3 heterocycles. The predicted molar refractivity (Wildman–Crippen MR) is 111 cm³/mol. The highest BCUT2D eigenvalue weighted by atomic mass is 19.4. The van der Waals surface area contributed by atoms with E-state index in [4.69, 9.17) is 0 Å². The number of fused-ring (bicyclic) bond motifs is 3. The number of hydrogen-bond acceptors (Lipinski definition) is 4. The number of rotatable bonds is 4. The molecule has 0 saturated heterocycles. The van der Waals surface area contributed by atoms with E-state index >= 15 is 0 Å². The van der Waals surface area contributed by atoms with E-state index in [1.807, 2.05) is 6.92 Å². The monoisotopic (exact) mass is 446 g/mol. The van der Waals surface area contributed by atoms with Gasteiger partial charge in [-0.1, -0.05) is 6.42 Å². The molecular formula is C22H25F3N6O. The number of nitrogens with zero attached hydrogens (tertiary/aromatic N) is 5. The van der Waals surface area contributed by atoms with Crippen LogP contribution in [0.2, 0.25) is 0 Å². The number of hydrogen-bond donors (Lipinski definition) is 1. The normalized spacial score (nSPS) is 23.8. The molecule has 1 amide bonds. The molecule has 0 unspecified atom stereocenters. The van der Waals surface area contributed by atoms with E-state index in [-0.39, 0.29) is 22.9 Å². The molecular weight excluding hydrogens is 421 g/mol. The van der Waals surface area contributed by atoms with Crippen molar-refractivity contribution >= 4 is 11.6 Å². The van der Waals surface area contributed by atoms with Crippen LogP contribution in [0.4, 0.5) is 13.2 Å². The van der Waals surface area contributed by atoms with Crippen LogP contribution in [0.5, 0.6) is 0 Å². The number of aryl methyl sites for hydroxylation is 2. The second-order valence-corrected chi connectivity index (χ2v) is 9.22. The summed E-state index contributed by atoms with van der Waals surface area (Å²) in [5.41, 5.74) is 0.0630. The fourth-order valence-electron chi connectivity index (χ4n) is 5.61. The van der Waals surface area contributed by atoms with Crippen LogP contribution < -0.4 is 5.32 Å².